The lowest BCUT2D eigenvalue weighted by molar-refractivity contribution is -0.380. The highest BCUT2D eigenvalue weighted by molar-refractivity contribution is 5.73. The molecule has 1 unspecified atom stereocenters. The van der Waals surface area contributed by atoms with Crippen molar-refractivity contribution in [3.05, 3.63) is 0 Å². The minimum absolute atomic E-state index is 0.673. The monoisotopic (exact) mass is 910 g/mol. The van der Waals surface area contributed by atoms with Crippen molar-refractivity contribution in [2.45, 2.75) is 167 Å². The number of amides is 2. The molecule has 0 aromatic carbocycles. The molecule has 0 aromatic rings. The summed E-state index contributed by atoms with van der Waals surface area (Å²) in [6, 6.07) is -3.14. The van der Waals surface area contributed by atoms with Gasteiger partial charge in [-0.1, -0.05) is 0 Å². The van der Waals surface area contributed by atoms with E-state index in [9.17, 15) is 86.2 Å². The van der Waals surface area contributed by atoms with Crippen LogP contribution in [0.2, 0.25) is 0 Å². The molecule has 0 bridgehead atoms. The molecule has 28 nitrogen and oxygen atoms in total. The molecule has 0 aliphatic carbocycles. The first-order valence-corrected chi connectivity index (χ1v) is 19.6. The van der Waals surface area contributed by atoms with Crippen molar-refractivity contribution >= 4 is 11.8 Å². The van der Waals surface area contributed by atoms with Gasteiger partial charge >= 0.3 is 0 Å². The summed E-state index contributed by atoms with van der Waals surface area (Å²) in [7, 11) is 0. The molecule has 62 heavy (non-hydrogen) atoms. The smallest absolute Gasteiger partial charge is 0.217 e. The van der Waals surface area contributed by atoms with Crippen LogP contribution >= 0.6 is 0 Å². The Morgan fingerprint density at radius 3 is 1.37 bits per heavy atom. The summed E-state index contributed by atoms with van der Waals surface area (Å²) in [5, 5.41) is 163. The second-order valence-electron chi connectivity index (χ2n) is 15.5. The minimum atomic E-state index is -2.13. The van der Waals surface area contributed by atoms with Gasteiger partial charge in [-0.05, 0) is 0 Å². The van der Waals surface area contributed by atoms with Crippen LogP contribution in [0.15, 0.2) is 0 Å². The first kappa shape index (κ1) is 51.0. The van der Waals surface area contributed by atoms with E-state index in [1.54, 1.807) is 0 Å². The average molecular weight is 911 g/mol. The summed E-state index contributed by atoms with van der Waals surface area (Å²) in [5.41, 5.74) is 0. The van der Waals surface area contributed by atoms with Crippen LogP contribution in [0.5, 0.6) is 0 Å². The van der Waals surface area contributed by atoms with Crippen molar-refractivity contribution in [2.75, 3.05) is 33.0 Å². The van der Waals surface area contributed by atoms with E-state index in [4.69, 9.17) is 42.6 Å². The largest absolute Gasteiger partial charge is 0.394 e. The second kappa shape index (κ2) is 22.0. The quantitative estimate of drug-likeness (QED) is 0.0725. The number of aliphatic hydroxyl groups is 15. The fourth-order valence-electron chi connectivity index (χ4n) is 7.72. The molecule has 360 valence electrons. The van der Waals surface area contributed by atoms with Crippen molar-refractivity contribution in [1.29, 1.82) is 0 Å². The summed E-state index contributed by atoms with van der Waals surface area (Å²) in [6.07, 6.45) is -42.2. The van der Waals surface area contributed by atoms with Crippen LogP contribution in [0.4, 0.5) is 0 Å². The van der Waals surface area contributed by atoms with E-state index >= 15 is 0 Å². The van der Waals surface area contributed by atoms with Crippen LogP contribution in [-0.4, -0.2) is 275 Å². The van der Waals surface area contributed by atoms with Crippen molar-refractivity contribution in [3.63, 3.8) is 0 Å². The number of hydrogen-bond acceptors (Lipinski definition) is 26. The third kappa shape index (κ3) is 11.0. The molecule has 25 atom stereocenters. The topological polar surface area (TPSA) is 445 Å². The van der Waals surface area contributed by atoms with Crippen LogP contribution in [0.3, 0.4) is 0 Å². The number of rotatable bonds is 15. The summed E-state index contributed by atoms with van der Waals surface area (Å²) in [4.78, 5) is 24.4. The van der Waals surface area contributed by atoms with Gasteiger partial charge in [0.1, 0.15) is 122 Å². The molecule has 0 aromatic heterocycles. The second-order valence-corrected chi connectivity index (χ2v) is 15.5. The van der Waals surface area contributed by atoms with Crippen LogP contribution in [0.25, 0.3) is 0 Å². The van der Waals surface area contributed by atoms with Crippen molar-refractivity contribution < 1.29 is 129 Å². The summed E-state index contributed by atoms with van der Waals surface area (Å²) in [6.45, 7) is -2.21. The highest BCUT2D eigenvalue weighted by Crippen LogP contribution is 2.35. The highest BCUT2D eigenvalue weighted by Gasteiger charge is 2.56. The van der Waals surface area contributed by atoms with Gasteiger partial charge in [-0.15, -0.1) is 0 Å². The van der Waals surface area contributed by atoms with Crippen molar-refractivity contribution in [3.8, 4) is 0 Å². The molecule has 5 aliphatic rings. The van der Waals surface area contributed by atoms with Crippen molar-refractivity contribution in [2.24, 2.45) is 0 Å². The number of hydrogen-bond donors (Lipinski definition) is 17. The Balaban J connectivity index is 1.36. The molecule has 17 N–H and O–H groups in total. The molecule has 0 spiro atoms. The Morgan fingerprint density at radius 2 is 0.823 bits per heavy atom. The normalized spacial score (nSPS) is 49.0. The molecule has 5 heterocycles. The molecule has 5 saturated heterocycles. The van der Waals surface area contributed by atoms with Gasteiger partial charge in [-0.3, -0.25) is 9.59 Å². The summed E-state index contributed by atoms with van der Waals surface area (Å²) < 4.78 is 50.5. The number of nitrogens with one attached hydrogen (secondary N) is 2. The maximum Gasteiger partial charge on any atom is 0.217 e. The number of ether oxygens (including phenoxy) is 9. The summed E-state index contributed by atoms with van der Waals surface area (Å²) in [5.74, 6) is -1.50. The first-order chi connectivity index (χ1) is 29.3. The lowest BCUT2D eigenvalue weighted by Crippen LogP contribution is -2.70. The Hall–Kier alpha value is -2.02. The van der Waals surface area contributed by atoms with Gasteiger partial charge in [0.2, 0.25) is 11.8 Å². The van der Waals surface area contributed by atoms with E-state index < -0.39 is 198 Å². The fraction of sp³-hybridized carbons (Fsp3) is 0.941. The number of carbonyl (C=O) groups is 2. The van der Waals surface area contributed by atoms with Gasteiger partial charge in [0, 0.05) is 13.8 Å². The molecule has 5 fully saturated rings. The molecule has 0 radical (unpaired) electrons. The Labute approximate surface area is 351 Å². The van der Waals surface area contributed by atoms with E-state index in [1.807, 2.05) is 0 Å². The third-order valence-corrected chi connectivity index (χ3v) is 11.1. The minimum Gasteiger partial charge on any atom is -0.394 e. The van der Waals surface area contributed by atoms with E-state index in [2.05, 4.69) is 10.6 Å². The highest BCUT2D eigenvalue weighted by atomic mass is 16.8. The zero-order chi connectivity index (χ0) is 45.9. The van der Waals surface area contributed by atoms with Gasteiger partial charge < -0.3 is 130 Å². The number of carbonyl (C=O) groups excluding carboxylic acids is 2. The fourth-order valence-corrected chi connectivity index (χ4v) is 7.72. The van der Waals surface area contributed by atoms with Crippen LogP contribution < -0.4 is 10.6 Å². The maximum absolute atomic E-state index is 12.6. The molecular weight excluding hydrogens is 852 g/mol. The predicted octanol–water partition coefficient (Wildman–Crippen LogP) is -11.6. The standard InChI is InChI=1S/C34H58N2O26/c1-8(41)35-15-22(48)17(43)10(3-37)56-31(15)54-7-14-21(47)28(25(51)30(53)55-14)61-32-16(36-9(2)42)27(19(45)12(5-39)57-32)60-34-26(52)29(20(46)13(6-40)59-34)62-33-24(50)23(49)18(44)11(4-38)58-33/h10-34,37-40,43-53H,3-7H2,1-2H3,(H,35,41)(H,36,42)/t10-,11-,12-,13-,14-,15-,16-,17-,18+,19-,20+,21+,22-,23+,24-,25-,26-,27-,28+,29+,30?,31-,32+,33-,34+/m1/s1. The molecular formula is C34H58N2O26. The molecule has 0 saturated carbocycles. The average Bonchev–Trinajstić information content (AvgIpc) is 3.23. The van der Waals surface area contributed by atoms with E-state index in [0.29, 0.717) is 0 Å². The Kier molecular flexibility index (Phi) is 18.1. The first-order valence-electron chi connectivity index (χ1n) is 19.6. The lowest BCUT2D eigenvalue weighted by atomic mass is 9.94. The van der Waals surface area contributed by atoms with Gasteiger partial charge in [0.25, 0.3) is 0 Å². The third-order valence-electron chi connectivity index (χ3n) is 11.1. The van der Waals surface area contributed by atoms with Crippen molar-refractivity contribution in [1.82, 2.24) is 10.6 Å². The Bertz CT molecular complexity index is 1440. The van der Waals surface area contributed by atoms with E-state index in [-0.39, 0.29) is 0 Å². The maximum atomic E-state index is 12.6. The lowest BCUT2D eigenvalue weighted by Gasteiger charge is -2.50. The van der Waals surface area contributed by atoms with Crippen LogP contribution in [-0.2, 0) is 52.2 Å². The predicted molar refractivity (Wildman–Crippen MR) is 190 cm³/mol. The van der Waals surface area contributed by atoms with Crippen LogP contribution in [0.1, 0.15) is 13.8 Å². The SMILES string of the molecule is CC(=O)N[C@H]1[C@H](OC[C@H]2OC(O)[C@H](O)[C@@H](O[C@@H]3O[C@H](CO)[C@@H](O)[C@H](O[C@@H]4O[C@H](CO)[C@H](O)[C@H](O[C@H]5O[C@H](CO)[C@H](O)[C@H](O)[C@H]5O)[C@H]4O)[C@H]3NC(C)=O)[C@H]2O)O[C@H](CO)[C@@H](O)[C@@H]1O. The van der Waals surface area contributed by atoms with Gasteiger partial charge in [-0.25, -0.2) is 0 Å². The van der Waals surface area contributed by atoms with Gasteiger partial charge in [0.05, 0.1) is 33.0 Å². The Morgan fingerprint density at radius 1 is 0.419 bits per heavy atom. The molecule has 2 amide bonds. The molecule has 5 aliphatic heterocycles. The zero-order valence-corrected chi connectivity index (χ0v) is 33.2. The van der Waals surface area contributed by atoms with Gasteiger partial charge in [0.15, 0.2) is 31.5 Å². The van der Waals surface area contributed by atoms with E-state index in [1.165, 1.54) is 0 Å². The summed E-state index contributed by atoms with van der Waals surface area (Å²) >= 11 is 0. The van der Waals surface area contributed by atoms with Crippen LogP contribution in [0, 0.1) is 0 Å². The number of aliphatic hydroxyl groups excluding tert-OH is 15. The van der Waals surface area contributed by atoms with Gasteiger partial charge in [-0.2, -0.15) is 0 Å². The van der Waals surface area contributed by atoms with E-state index in [0.717, 1.165) is 13.8 Å². The zero-order valence-electron chi connectivity index (χ0n) is 33.2. The molecule has 28 heteroatoms. The molecule has 5 rings (SSSR count).